The van der Waals surface area contributed by atoms with Gasteiger partial charge in [-0.3, -0.25) is 9.78 Å². The average molecular weight is 243 g/mol. The summed E-state index contributed by atoms with van der Waals surface area (Å²) >= 11 is 0. The molecule has 0 aliphatic rings. The van der Waals surface area contributed by atoms with Crippen molar-refractivity contribution in [3.05, 3.63) is 28.2 Å². The Balaban J connectivity index is 0.00000128. The number of nitrogens with one attached hydrogen (secondary N) is 1. The number of carboxylic acid groups (broad SMARTS) is 1. The molecule has 0 aliphatic heterocycles. The molecule has 0 unspecified atom stereocenters. The number of carboxylic acids is 1. The van der Waals surface area contributed by atoms with E-state index in [2.05, 4.69) is 15.0 Å². The molecule has 0 atom stereocenters. The summed E-state index contributed by atoms with van der Waals surface area (Å²) in [5.74, 6) is -1.23. The average Bonchev–Trinajstić information content (AvgIpc) is 2.16. The number of halogens is 1. The Morgan fingerprint density at radius 3 is 2.69 bits per heavy atom. The first-order valence-electron chi connectivity index (χ1n) is 3.98. The zero-order valence-electron chi connectivity index (χ0n) is 7.80. The van der Waals surface area contributed by atoms with E-state index in [9.17, 15) is 9.59 Å². The van der Waals surface area contributed by atoms with Crippen molar-refractivity contribution >= 4 is 35.4 Å². The van der Waals surface area contributed by atoms with Crippen LogP contribution in [-0.2, 0) is 0 Å². The van der Waals surface area contributed by atoms with Crippen LogP contribution >= 0.6 is 12.4 Å². The van der Waals surface area contributed by atoms with Gasteiger partial charge >= 0.3 is 5.97 Å². The Morgan fingerprint density at radius 2 is 2.06 bits per heavy atom. The van der Waals surface area contributed by atoms with E-state index in [-0.39, 0.29) is 35.1 Å². The number of aromatic carboxylic acids is 1. The van der Waals surface area contributed by atoms with E-state index in [0.29, 0.717) is 0 Å². The summed E-state index contributed by atoms with van der Waals surface area (Å²) in [5, 5.41) is 8.67. The largest absolute Gasteiger partial charge is 0.477 e. The molecule has 2 heterocycles. The van der Waals surface area contributed by atoms with E-state index in [4.69, 9.17) is 10.8 Å². The van der Waals surface area contributed by atoms with Crippen molar-refractivity contribution < 1.29 is 9.90 Å². The number of nitrogens with two attached hydrogens (primary N) is 1. The summed E-state index contributed by atoms with van der Waals surface area (Å²) in [6.07, 6.45) is 0. The van der Waals surface area contributed by atoms with Crippen molar-refractivity contribution in [1.29, 1.82) is 0 Å². The molecular weight excluding hydrogens is 236 g/mol. The van der Waals surface area contributed by atoms with Crippen LogP contribution in [0.3, 0.4) is 0 Å². The highest BCUT2D eigenvalue weighted by Crippen LogP contribution is 2.06. The van der Waals surface area contributed by atoms with Gasteiger partial charge in [-0.15, -0.1) is 12.4 Å². The fourth-order valence-electron chi connectivity index (χ4n) is 1.16. The summed E-state index contributed by atoms with van der Waals surface area (Å²) in [4.78, 5) is 31.6. The quantitative estimate of drug-likeness (QED) is 0.648. The number of hydrogen-bond donors (Lipinski definition) is 3. The minimum absolute atomic E-state index is 0. The molecule has 0 aliphatic carbocycles. The van der Waals surface area contributed by atoms with E-state index < -0.39 is 11.5 Å². The molecule has 0 saturated carbocycles. The fourth-order valence-corrected chi connectivity index (χ4v) is 1.16. The molecule has 0 bridgehead atoms. The van der Waals surface area contributed by atoms with Crippen molar-refractivity contribution in [2.75, 3.05) is 5.73 Å². The van der Waals surface area contributed by atoms with Crippen LogP contribution in [-0.4, -0.2) is 26.0 Å². The van der Waals surface area contributed by atoms with Crippen LogP contribution in [0.1, 0.15) is 10.5 Å². The van der Waals surface area contributed by atoms with Crippen molar-refractivity contribution in [2.45, 2.75) is 0 Å². The number of rotatable bonds is 1. The molecule has 84 valence electrons. The second kappa shape index (κ2) is 4.15. The highest BCUT2D eigenvalue weighted by Gasteiger charge is 2.08. The Bertz CT molecular complexity index is 610. The molecule has 0 amide bonds. The van der Waals surface area contributed by atoms with Gasteiger partial charge in [0.15, 0.2) is 5.52 Å². The molecule has 0 aromatic carbocycles. The van der Waals surface area contributed by atoms with Gasteiger partial charge in [-0.2, -0.15) is 0 Å². The van der Waals surface area contributed by atoms with Gasteiger partial charge in [0.2, 0.25) is 5.95 Å². The van der Waals surface area contributed by atoms with Crippen molar-refractivity contribution in [3.8, 4) is 0 Å². The first-order valence-corrected chi connectivity index (χ1v) is 3.98. The molecule has 0 radical (unpaired) electrons. The van der Waals surface area contributed by atoms with Crippen LogP contribution in [0.15, 0.2) is 16.9 Å². The molecule has 8 heteroatoms. The number of carbonyl (C=O) groups is 1. The Labute approximate surface area is 94.7 Å². The van der Waals surface area contributed by atoms with Crippen LogP contribution in [0.2, 0.25) is 0 Å². The fraction of sp³-hybridized carbons (Fsp3) is 0. The van der Waals surface area contributed by atoms with E-state index in [1.54, 1.807) is 0 Å². The third-order valence-corrected chi connectivity index (χ3v) is 1.79. The number of aromatic amines is 1. The maximum atomic E-state index is 11.3. The van der Waals surface area contributed by atoms with Crippen molar-refractivity contribution in [1.82, 2.24) is 15.0 Å². The second-order valence-corrected chi connectivity index (χ2v) is 2.82. The summed E-state index contributed by atoms with van der Waals surface area (Å²) in [6, 6.07) is 2.65. The van der Waals surface area contributed by atoms with Crippen molar-refractivity contribution in [2.24, 2.45) is 0 Å². The van der Waals surface area contributed by atoms with E-state index in [0.717, 1.165) is 0 Å². The lowest BCUT2D eigenvalue weighted by Crippen LogP contribution is -2.14. The Kier molecular flexibility index (Phi) is 3.09. The molecule has 7 nitrogen and oxygen atoms in total. The van der Waals surface area contributed by atoms with Crippen LogP contribution < -0.4 is 11.3 Å². The maximum absolute atomic E-state index is 11.3. The van der Waals surface area contributed by atoms with Gasteiger partial charge in [0.05, 0.1) is 5.52 Å². The van der Waals surface area contributed by atoms with Crippen LogP contribution in [0, 0.1) is 0 Å². The molecule has 2 aromatic heterocycles. The number of anilines is 1. The Hall–Kier alpha value is -2.15. The number of nitrogen functional groups attached to an aromatic ring is 1. The van der Waals surface area contributed by atoms with E-state index in [1.807, 2.05) is 0 Å². The van der Waals surface area contributed by atoms with Gasteiger partial charge in [0.25, 0.3) is 5.56 Å². The lowest BCUT2D eigenvalue weighted by molar-refractivity contribution is 0.0691. The monoisotopic (exact) mass is 242 g/mol. The second-order valence-electron chi connectivity index (χ2n) is 2.82. The standard InChI is InChI=1S/C8H6N4O3.ClH/c9-8-11-3-1-2-4(7(14)15)10-5(3)6(13)12-8;/h1-2H,(H,14,15)(H3,9,11,12,13);1H. The zero-order valence-corrected chi connectivity index (χ0v) is 8.61. The van der Waals surface area contributed by atoms with Crippen LogP contribution in [0.25, 0.3) is 11.0 Å². The van der Waals surface area contributed by atoms with Gasteiger partial charge in [-0.25, -0.2) is 14.8 Å². The van der Waals surface area contributed by atoms with E-state index >= 15 is 0 Å². The first-order chi connectivity index (χ1) is 7.08. The van der Waals surface area contributed by atoms with Gasteiger partial charge in [0, 0.05) is 0 Å². The Morgan fingerprint density at radius 1 is 1.38 bits per heavy atom. The molecule has 2 aromatic rings. The number of aromatic nitrogens is 3. The number of fused-ring (bicyclic) bond motifs is 1. The molecule has 0 saturated heterocycles. The SMILES string of the molecule is Cl.Nc1nc2ccc(C(=O)O)nc2c(=O)[nH]1. The summed E-state index contributed by atoms with van der Waals surface area (Å²) in [7, 11) is 0. The summed E-state index contributed by atoms with van der Waals surface area (Å²) < 4.78 is 0. The maximum Gasteiger partial charge on any atom is 0.354 e. The number of hydrogen-bond acceptors (Lipinski definition) is 5. The topological polar surface area (TPSA) is 122 Å². The highest BCUT2D eigenvalue weighted by atomic mass is 35.5. The normalized spacial score (nSPS) is 9.75. The highest BCUT2D eigenvalue weighted by molar-refractivity contribution is 5.88. The third kappa shape index (κ3) is 1.94. The smallest absolute Gasteiger partial charge is 0.354 e. The minimum Gasteiger partial charge on any atom is -0.477 e. The zero-order chi connectivity index (χ0) is 11.0. The van der Waals surface area contributed by atoms with Crippen LogP contribution in [0.5, 0.6) is 0 Å². The van der Waals surface area contributed by atoms with Gasteiger partial charge in [-0.05, 0) is 12.1 Å². The number of H-pyrrole nitrogens is 1. The molecule has 0 fully saturated rings. The van der Waals surface area contributed by atoms with Gasteiger partial charge in [0.1, 0.15) is 5.69 Å². The first kappa shape index (κ1) is 11.9. The summed E-state index contributed by atoms with van der Waals surface area (Å²) in [6.45, 7) is 0. The molecular formula is C8H7ClN4O3. The number of pyridine rings is 1. The van der Waals surface area contributed by atoms with E-state index in [1.165, 1.54) is 12.1 Å². The van der Waals surface area contributed by atoms with Crippen LogP contribution in [0.4, 0.5) is 5.95 Å². The van der Waals surface area contributed by atoms with Gasteiger partial charge < -0.3 is 10.8 Å². The lowest BCUT2D eigenvalue weighted by Gasteiger charge is -1.98. The minimum atomic E-state index is -1.20. The van der Waals surface area contributed by atoms with Gasteiger partial charge in [-0.1, -0.05) is 0 Å². The third-order valence-electron chi connectivity index (χ3n) is 1.79. The molecule has 2 rings (SSSR count). The summed E-state index contributed by atoms with van der Waals surface area (Å²) in [5.41, 5.74) is 4.78. The molecule has 16 heavy (non-hydrogen) atoms. The van der Waals surface area contributed by atoms with Crippen molar-refractivity contribution in [3.63, 3.8) is 0 Å². The lowest BCUT2D eigenvalue weighted by atomic mass is 10.3. The number of nitrogens with zero attached hydrogens (tertiary/aromatic N) is 2. The molecule has 4 N–H and O–H groups in total. The molecule has 0 spiro atoms. The predicted octanol–water partition coefficient (Wildman–Crippen LogP) is 0.0203. The predicted molar refractivity (Wildman–Crippen MR) is 58.8 cm³/mol.